The van der Waals surface area contributed by atoms with Crippen LogP contribution < -0.4 is 0 Å². The predicted octanol–water partition coefficient (Wildman–Crippen LogP) is 3.59. The predicted molar refractivity (Wildman–Crippen MR) is 68.6 cm³/mol. The molecule has 17 heavy (non-hydrogen) atoms. The van der Waals surface area contributed by atoms with Gasteiger partial charge in [0.05, 0.1) is 5.56 Å². The van der Waals surface area contributed by atoms with Gasteiger partial charge in [0, 0.05) is 5.92 Å². The summed E-state index contributed by atoms with van der Waals surface area (Å²) in [5.74, 6) is 0.419. The minimum Gasteiger partial charge on any atom is -0.507 e. The summed E-state index contributed by atoms with van der Waals surface area (Å²) >= 11 is 0. The largest absolute Gasteiger partial charge is 0.507 e. The number of ketones is 1. The van der Waals surface area contributed by atoms with E-state index in [-0.39, 0.29) is 22.9 Å². The summed E-state index contributed by atoms with van der Waals surface area (Å²) in [4.78, 5) is 12.1. The van der Waals surface area contributed by atoms with Crippen LogP contribution in [0.3, 0.4) is 0 Å². The molecule has 0 unspecified atom stereocenters. The van der Waals surface area contributed by atoms with E-state index in [4.69, 9.17) is 0 Å². The molecule has 0 aromatic heterocycles. The average Bonchev–Trinajstić information content (AvgIpc) is 3.02. The Hall–Kier alpha value is -1.31. The zero-order chi connectivity index (χ0) is 12.8. The number of hydrogen-bond acceptors (Lipinski definition) is 2. The van der Waals surface area contributed by atoms with Crippen molar-refractivity contribution < 1.29 is 9.90 Å². The van der Waals surface area contributed by atoms with E-state index in [2.05, 4.69) is 20.8 Å². The molecule has 0 aliphatic heterocycles. The standard InChI is InChI=1S/C15H20O2/c1-9-7-11(15(2,3)4)8-12(13(9)16)14(17)10-5-6-10/h7-8,10,16H,5-6H2,1-4H3. The first-order valence-electron chi connectivity index (χ1n) is 6.19. The molecule has 1 saturated carbocycles. The number of aromatic hydroxyl groups is 1. The van der Waals surface area contributed by atoms with E-state index in [1.807, 2.05) is 19.1 Å². The third-order valence-corrected chi connectivity index (χ3v) is 3.38. The molecule has 0 saturated heterocycles. The lowest BCUT2D eigenvalue weighted by atomic mass is 9.84. The Labute approximate surface area is 103 Å². The van der Waals surface area contributed by atoms with Crippen LogP contribution in [0.15, 0.2) is 12.1 Å². The normalized spacial score (nSPS) is 16.0. The Kier molecular flexibility index (Phi) is 2.76. The molecule has 0 spiro atoms. The molecule has 1 fully saturated rings. The second kappa shape index (κ2) is 3.86. The minimum absolute atomic E-state index is 0.00294. The summed E-state index contributed by atoms with van der Waals surface area (Å²) < 4.78 is 0. The number of benzene rings is 1. The highest BCUT2D eigenvalue weighted by Crippen LogP contribution is 2.38. The number of phenolic OH excluding ortho intramolecular Hbond substituents is 1. The van der Waals surface area contributed by atoms with E-state index >= 15 is 0 Å². The van der Waals surface area contributed by atoms with Crippen LogP contribution in [-0.4, -0.2) is 10.9 Å². The fourth-order valence-corrected chi connectivity index (χ4v) is 1.97. The van der Waals surface area contributed by atoms with Crippen molar-refractivity contribution in [2.45, 2.75) is 46.0 Å². The fraction of sp³-hybridized carbons (Fsp3) is 0.533. The smallest absolute Gasteiger partial charge is 0.169 e. The monoisotopic (exact) mass is 232 g/mol. The summed E-state index contributed by atoms with van der Waals surface area (Å²) in [6.45, 7) is 8.20. The fourth-order valence-electron chi connectivity index (χ4n) is 1.97. The van der Waals surface area contributed by atoms with Gasteiger partial charge in [-0.05, 0) is 42.4 Å². The number of phenols is 1. The Morgan fingerprint density at radius 3 is 2.35 bits per heavy atom. The van der Waals surface area contributed by atoms with Gasteiger partial charge in [0.25, 0.3) is 0 Å². The van der Waals surface area contributed by atoms with Gasteiger partial charge in [0.15, 0.2) is 5.78 Å². The number of rotatable bonds is 2. The maximum absolute atomic E-state index is 12.1. The Bertz CT molecular complexity index is 463. The quantitative estimate of drug-likeness (QED) is 0.791. The summed E-state index contributed by atoms with van der Waals surface area (Å²) in [7, 11) is 0. The second-order valence-corrected chi connectivity index (χ2v) is 6.08. The number of Topliss-reactive ketones (excluding diaryl/α,β-unsaturated/α-hetero) is 1. The van der Waals surface area contributed by atoms with Crippen molar-refractivity contribution >= 4 is 5.78 Å². The zero-order valence-electron chi connectivity index (χ0n) is 11.0. The van der Waals surface area contributed by atoms with E-state index in [0.29, 0.717) is 5.56 Å². The minimum atomic E-state index is -0.00294. The molecule has 2 rings (SSSR count). The molecule has 0 bridgehead atoms. The second-order valence-electron chi connectivity index (χ2n) is 6.08. The van der Waals surface area contributed by atoms with Crippen molar-refractivity contribution in [2.75, 3.05) is 0 Å². The molecule has 2 heteroatoms. The van der Waals surface area contributed by atoms with Crippen LogP contribution >= 0.6 is 0 Å². The van der Waals surface area contributed by atoms with Crippen LogP contribution in [0.1, 0.15) is 55.1 Å². The van der Waals surface area contributed by atoms with Crippen molar-refractivity contribution in [1.29, 1.82) is 0 Å². The molecule has 1 N–H and O–H groups in total. The van der Waals surface area contributed by atoms with Gasteiger partial charge in [-0.25, -0.2) is 0 Å². The molecule has 1 aliphatic carbocycles. The molecule has 1 aromatic carbocycles. The van der Waals surface area contributed by atoms with Gasteiger partial charge in [0.2, 0.25) is 0 Å². The third-order valence-electron chi connectivity index (χ3n) is 3.38. The van der Waals surface area contributed by atoms with Crippen molar-refractivity contribution in [3.8, 4) is 5.75 Å². The molecule has 2 nitrogen and oxygen atoms in total. The molecule has 0 heterocycles. The van der Waals surface area contributed by atoms with Crippen molar-refractivity contribution in [3.63, 3.8) is 0 Å². The number of aryl methyl sites for hydroxylation is 1. The summed E-state index contributed by atoms with van der Waals surface area (Å²) in [6, 6.07) is 3.84. The topological polar surface area (TPSA) is 37.3 Å². The lowest BCUT2D eigenvalue weighted by molar-refractivity contribution is 0.0964. The summed E-state index contributed by atoms with van der Waals surface area (Å²) in [5.41, 5.74) is 2.41. The van der Waals surface area contributed by atoms with Crippen LogP contribution in [0.4, 0.5) is 0 Å². The van der Waals surface area contributed by atoms with Gasteiger partial charge in [-0.1, -0.05) is 26.8 Å². The van der Waals surface area contributed by atoms with Gasteiger partial charge < -0.3 is 5.11 Å². The van der Waals surface area contributed by atoms with Crippen LogP contribution in [0, 0.1) is 12.8 Å². The molecule has 0 atom stereocenters. The third kappa shape index (κ3) is 2.36. The Morgan fingerprint density at radius 1 is 1.29 bits per heavy atom. The van der Waals surface area contributed by atoms with Crippen LogP contribution in [-0.2, 0) is 5.41 Å². The van der Waals surface area contributed by atoms with E-state index in [1.54, 1.807) is 0 Å². The van der Waals surface area contributed by atoms with Gasteiger partial charge in [0.1, 0.15) is 5.75 Å². The van der Waals surface area contributed by atoms with Crippen molar-refractivity contribution in [2.24, 2.45) is 5.92 Å². The lowest BCUT2D eigenvalue weighted by Crippen LogP contribution is -2.13. The average molecular weight is 232 g/mol. The molecule has 92 valence electrons. The molecule has 1 aliphatic rings. The van der Waals surface area contributed by atoms with E-state index in [1.165, 1.54) is 0 Å². The first-order chi connectivity index (χ1) is 7.80. The summed E-state index contributed by atoms with van der Waals surface area (Å²) in [5, 5.41) is 10.0. The first kappa shape index (κ1) is 12.2. The Morgan fingerprint density at radius 2 is 1.88 bits per heavy atom. The summed E-state index contributed by atoms with van der Waals surface area (Å²) in [6.07, 6.45) is 1.94. The first-order valence-corrected chi connectivity index (χ1v) is 6.19. The van der Waals surface area contributed by atoms with Gasteiger partial charge in [-0.2, -0.15) is 0 Å². The lowest BCUT2D eigenvalue weighted by Gasteiger charge is -2.21. The SMILES string of the molecule is Cc1cc(C(C)(C)C)cc(C(=O)C2CC2)c1O. The molecule has 0 amide bonds. The zero-order valence-corrected chi connectivity index (χ0v) is 11.0. The molecular formula is C15H20O2. The number of hydrogen-bond donors (Lipinski definition) is 1. The maximum Gasteiger partial charge on any atom is 0.169 e. The Balaban J connectivity index is 2.50. The maximum atomic E-state index is 12.1. The van der Waals surface area contributed by atoms with E-state index < -0.39 is 0 Å². The van der Waals surface area contributed by atoms with Crippen molar-refractivity contribution in [1.82, 2.24) is 0 Å². The van der Waals surface area contributed by atoms with E-state index in [9.17, 15) is 9.90 Å². The van der Waals surface area contributed by atoms with E-state index in [0.717, 1.165) is 24.0 Å². The number of carbonyl (C=O) groups excluding carboxylic acids is 1. The highest BCUT2D eigenvalue weighted by molar-refractivity contribution is 6.02. The van der Waals surface area contributed by atoms with Crippen LogP contribution in [0.5, 0.6) is 5.75 Å². The van der Waals surface area contributed by atoms with Crippen molar-refractivity contribution in [3.05, 3.63) is 28.8 Å². The molecule has 0 radical (unpaired) electrons. The van der Waals surface area contributed by atoms with Crippen LogP contribution in [0.25, 0.3) is 0 Å². The van der Waals surface area contributed by atoms with Crippen LogP contribution in [0.2, 0.25) is 0 Å². The van der Waals surface area contributed by atoms with Gasteiger partial charge in [-0.15, -0.1) is 0 Å². The highest BCUT2D eigenvalue weighted by atomic mass is 16.3. The molecular weight excluding hydrogens is 212 g/mol. The number of carbonyl (C=O) groups is 1. The molecule has 1 aromatic rings. The van der Waals surface area contributed by atoms with Gasteiger partial charge in [-0.3, -0.25) is 4.79 Å². The highest BCUT2D eigenvalue weighted by Gasteiger charge is 2.33. The van der Waals surface area contributed by atoms with Gasteiger partial charge >= 0.3 is 0 Å².